The predicted molar refractivity (Wildman–Crippen MR) is 118 cm³/mol. The minimum Gasteiger partial charge on any atom is -0.366 e. The zero-order chi connectivity index (χ0) is 22.5. The maximum absolute atomic E-state index is 14.0. The predicted octanol–water partition coefficient (Wildman–Crippen LogP) is 1.98. The van der Waals surface area contributed by atoms with E-state index in [1.807, 2.05) is 11.0 Å². The van der Waals surface area contributed by atoms with Crippen molar-refractivity contribution in [3.05, 3.63) is 88.6 Å². The van der Waals surface area contributed by atoms with Crippen LogP contribution in [0.25, 0.3) is 0 Å². The van der Waals surface area contributed by atoms with E-state index in [2.05, 4.69) is 10.4 Å². The molecule has 9 heteroatoms. The Labute approximate surface area is 183 Å². The van der Waals surface area contributed by atoms with Crippen molar-refractivity contribution in [3.63, 3.8) is 0 Å². The van der Waals surface area contributed by atoms with Gasteiger partial charge in [0.1, 0.15) is 18.1 Å². The van der Waals surface area contributed by atoms with E-state index in [9.17, 15) is 18.8 Å². The number of carbonyl (C=O) groups is 2. The van der Waals surface area contributed by atoms with Crippen LogP contribution in [0.15, 0.2) is 71.5 Å². The van der Waals surface area contributed by atoms with Gasteiger partial charge in [-0.1, -0.05) is 30.3 Å². The molecule has 8 nitrogen and oxygen atoms in total. The molecule has 3 aromatic rings. The number of nitrogens with one attached hydrogen (secondary N) is 1. The average Bonchev–Trinajstić information content (AvgIpc) is 2.81. The molecule has 0 aliphatic carbocycles. The molecule has 32 heavy (non-hydrogen) atoms. The van der Waals surface area contributed by atoms with E-state index in [1.54, 1.807) is 47.4 Å². The van der Waals surface area contributed by atoms with Gasteiger partial charge in [0.2, 0.25) is 5.91 Å². The summed E-state index contributed by atoms with van der Waals surface area (Å²) >= 11 is 0. The Morgan fingerprint density at radius 1 is 0.906 bits per heavy atom. The lowest BCUT2D eigenvalue weighted by atomic mass is 10.2. The van der Waals surface area contributed by atoms with Crippen LogP contribution in [0.1, 0.15) is 10.5 Å². The van der Waals surface area contributed by atoms with Gasteiger partial charge in [-0.2, -0.15) is 5.10 Å². The molecular weight excluding hydrogens is 413 g/mol. The first-order valence-corrected chi connectivity index (χ1v) is 10.2. The summed E-state index contributed by atoms with van der Waals surface area (Å²) in [6, 6.07) is 17.9. The van der Waals surface area contributed by atoms with E-state index in [-0.39, 0.29) is 24.0 Å². The highest BCUT2D eigenvalue weighted by Crippen LogP contribution is 2.20. The zero-order valence-corrected chi connectivity index (χ0v) is 17.3. The Morgan fingerprint density at radius 3 is 2.31 bits per heavy atom. The normalized spacial score (nSPS) is 13.7. The Balaban J connectivity index is 1.39. The third kappa shape index (κ3) is 4.83. The zero-order valence-electron chi connectivity index (χ0n) is 17.3. The molecule has 0 saturated carbocycles. The highest BCUT2D eigenvalue weighted by Gasteiger charge is 2.23. The lowest BCUT2D eigenvalue weighted by Gasteiger charge is -2.36. The second-order valence-corrected chi connectivity index (χ2v) is 7.35. The quantitative estimate of drug-likeness (QED) is 0.662. The molecular formula is C23H22FN5O3. The maximum Gasteiger partial charge on any atom is 0.276 e. The second kappa shape index (κ2) is 9.42. The van der Waals surface area contributed by atoms with Gasteiger partial charge in [0.05, 0.1) is 5.69 Å². The number of rotatable bonds is 5. The van der Waals surface area contributed by atoms with Crippen LogP contribution in [0.4, 0.5) is 15.8 Å². The van der Waals surface area contributed by atoms with Crippen molar-refractivity contribution in [2.75, 3.05) is 36.4 Å². The van der Waals surface area contributed by atoms with Gasteiger partial charge in [0.25, 0.3) is 11.5 Å². The number of benzene rings is 2. The molecule has 2 amide bonds. The van der Waals surface area contributed by atoms with Crippen LogP contribution in [0, 0.1) is 5.82 Å². The molecule has 1 aliphatic heterocycles. The second-order valence-electron chi connectivity index (χ2n) is 7.35. The van der Waals surface area contributed by atoms with E-state index in [0.29, 0.717) is 37.6 Å². The number of halogens is 1. The van der Waals surface area contributed by atoms with Crippen LogP contribution < -0.4 is 15.8 Å². The molecule has 1 fully saturated rings. The summed E-state index contributed by atoms with van der Waals surface area (Å²) in [5.41, 5.74) is 0.667. The smallest absolute Gasteiger partial charge is 0.276 e. The van der Waals surface area contributed by atoms with Gasteiger partial charge in [0, 0.05) is 37.9 Å². The van der Waals surface area contributed by atoms with E-state index in [0.717, 1.165) is 4.68 Å². The first kappa shape index (κ1) is 21.2. The Hall–Kier alpha value is -4.01. The topological polar surface area (TPSA) is 87.5 Å². The van der Waals surface area contributed by atoms with Gasteiger partial charge in [0.15, 0.2) is 0 Å². The van der Waals surface area contributed by atoms with Crippen LogP contribution >= 0.6 is 0 Å². The molecule has 0 radical (unpaired) electrons. The summed E-state index contributed by atoms with van der Waals surface area (Å²) in [5.74, 6) is -1.06. The molecule has 0 bridgehead atoms. The molecule has 2 aromatic carbocycles. The lowest BCUT2D eigenvalue weighted by Crippen LogP contribution is -2.50. The molecule has 1 aromatic heterocycles. The minimum absolute atomic E-state index is 0.0330. The fraction of sp³-hybridized carbons (Fsp3) is 0.217. The number of para-hydroxylation sites is 2. The van der Waals surface area contributed by atoms with Gasteiger partial charge in [-0.05, 0) is 30.3 Å². The number of aromatic nitrogens is 2. The van der Waals surface area contributed by atoms with Gasteiger partial charge in [-0.3, -0.25) is 14.4 Å². The van der Waals surface area contributed by atoms with Gasteiger partial charge >= 0.3 is 0 Å². The van der Waals surface area contributed by atoms with E-state index >= 15 is 0 Å². The van der Waals surface area contributed by atoms with Gasteiger partial charge in [-0.25, -0.2) is 9.07 Å². The van der Waals surface area contributed by atoms with Crippen LogP contribution in [-0.4, -0.2) is 52.7 Å². The van der Waals surface area contributed by atoms with Crippen LogP contribution in [0.5, 0.6) is 0 Å². The molecule has 4 rings (SSSR count). The number of piperazine rings is 1. The van der Waals surface area contributed by atoms with E-state index in [1.165, 1.54) is 18.2 Å². The lowest BCUT2D eigenvalue weighted by molar-refractivity contribution is -0.132. The summed E-state index contributed by atoms with van der Waals surface area (Å²) < 4.78 is 15.0. The summed E-state index contributed by atoms with van der Waals surface area (Å²) in [7, 11) is 0. The Bertz CT molecular complexity index is 1170. The maximum atomic E-state index is 14.0. The molecule has 1 N–H and O–H groups in total. The number of anilines is 2. The number of hydrogen-bond acceptors (Lipinski definition) is 5. The average molecular weight is 435 g/mol. The SMILES string of the molecule is O=C(Nc1ccccc1)c1ccc(=O)n(CC(=O)N2CCN(c3ccccc3F)CC2)n1. The van der Waals surface area contributed by atoms with Crippen molar-refractivity contribution >= 4 is 23.2 Å². The van der Waals surface area contributed by atoms with Crippen LogP contribution in [-0.2, 0) is 11.3 Å². The summed E-state index contributed by atoms with van der Waals surface area (Å²) in [6.45, 7) is 1.49. The van der Waals surface area contributed by atoms with Crippen molar-refractivity contribution in [1.29, 1.82) is 0 Å². The fourth-order valence-electron chi connectivity index (χ4n) is 3.53. The number of nitrogens with zero attached hydrogens (tertiary/aromatic N) is 4. The highest BCUT2D eigenvalue weighted by atomic mass is 19.1. The van der Waals surface area contributed by atoms with Gasteiger partial charge in [-0.15, -0.1) is 0 Å². The monoisotopic (exact) mass is 435 g/mol. The number of hydrogen-bond donors (Lipinski definition) is 1. The summed E-state index contributed by atoms with van der Waals surface area (Å²) in [4.78, 5) is 40.9. The number of carbonyl (C=O) groups excluding carboxylic acids is 2. The molecule has 1 saturated heterocycles. The largest absolute Gasteiger partial charge is 0.366 e. The Kier molecular flexibility index (Phi) is 6.25. The van der Waals surface area contributed by atoms with Crippen LogP contribution in [0.2, 0.25) is 0 Å². The third-order valence-electron chi connectivity index (χ3n) is 5.24. The standard InChI is InChI=1S/C23H22FN5O3/c24-18-8-4-5-9-20(18)27-12-14-28(15-13-27)22(31)16-29-21(30)11-10-19(26-29)23(32)25-17-6-2-1-3-7-17/h1-11H,12-16H2,(H,25,32). The molecule has 0 unspecified atom stereocenters. The molecule has 2 heterocycles. The molecule has 0 atom stereocenters. The van der Waals surface area contributed by atoms with Gasteiger partial charge < -0.3 is 15.1 Å². The van der Waals surface area contributed by atoms with Crippen LogP contribution in [0.3, 0.4) is 0 Å². The first-order chi connectivity index (χ1) is 15.5. The fourth-order valence-corrected chi connectivity index (χ4v) is 3.53. The van der Waals surface area contributed by atoms with Crippen molar-refractivity contribution in [1.82, 2.24) is 14.7 Å². The summed E-state index contributed by atoms with van der Waals surface area (Å²) in [6.07, 6.45) is 0. The Morgan fingerprint density at radius 2 is 1.59 bits per heavy atom. The first-order valence-electron chi connectivity index (χ1n) is 10.2. The number of amides is 2. The van der Waals surface area contributed by atoms with E-state index in [4.69, 9.17) is 0 Å². The third-order valence-corrected chi connectivity index (χ3v) is 5.24. The van der Waals surface area contributed by atoms with Crippen molar-refractivity contribution in [2.45, 2.75) is 6.54 Å². The molecule has 164 valence electrons. The molecule has 1 aliphatic rings. The minimum atomic E-state index is -0.476. The highest BCUT2D eigenvalue weighted by molar-refractivity contribution is 6.02. The van der Waals surface area contributed by atoms with Crippen molar-refractivity contribution < 1.29 is 14.0 Å². The van der Waals surface area contributed by atoms with Crippen molar-refractivity contribution in [2.24, 2.45) is 0 Å². The van der Waals surface area contributed by atoms with Crippen molar-refractivity contribution in [3.8, 4) is 0 Å². The summed E-state index contributed by atoms with van der Waals surface area (Å²) in [5, 5.41) is 6.76. The molecule has 0 spiro atoms. The van der Waals surface area contributed by atoms with E-state index < -0.39 is 11.5 Å².